The van der Waals surface area contributed by atoms with E-state index in [0.717, 1.165) is 12.2 Å². The first-order chi connectivity index (χ1) is 8.62. The zero-order valence-corrected chi connectivity index (χ0v) is 14.5. The van der Waals surface area contributed by atoms with E-state index >= 15 is 0 Å². The van der Waals surface area contributed by atoms with Crippen LogP contribution in [0.4, 0.5) is 0 Å². The third kappa shape index (κ3) is 3.33. The van der Waals surface area contributed by atoms with E-state index in [9.17, 15) is 4.79 Å². The van der Waals surface area contributed by atoms with Gasteiger partial charge in [-0.25, -0.2) is 0 Å². The number of hydrogen-bond donors (Lipinski definition) is 0. The van der Waals surface area contributed by atoms with Crippen molar-refractivity contribution in [3.05, 3.63) is 0 Å². The number of thioether (sulfide) groups is 2. The molecule has 0 saturated carbocycles. The first kappa shape index (κ1) is 15.7. The highest BCUT2D eigenvalue weighted by molar-refractivity contribution is 8.08. The van der Waals surface area contributed by atoms with E-state index in [1.165, 1.54) is 0 Å². The van der Waals surface area contributed by atoms with Gasteiger partial charge in [0.1, 0.15) is 0 Å². The summed E-state index contributed by atoms with van der Waals surface area (Å²) in [7, 11) is 0. The summed E-state index contributed by atoms with van der Waals surface area (Å²) in [6, 6.07) is 0. The highest BCUT2D eigenvalue weighted by Gasteiger charge is 2.51. The summed E-state index contributed by atoms with van der Waals surface area (Å²) in [5.74, 6) is 1.41. The highest BCUT2D eigenvalue weighted by Crippen LogP contribution is 2.45. The van der Waals surface area contributed by atoms with Crippen LogP contribution in [0.5, 0.6) is 0 Å². The van der Waals surface area contributed by atoms with Crippen molar-refractivity contribution >= 4 is 29.3 Å². The SMILES string of the molecule is CC1SCC(C(=O)C2CC(C)(C)OC2(C)C)SC1C. The van der Waals surface area contributed by atoms with Crippen molar-refractivity contribution in [3.8, 4) is 0 Å². The van der Waals surface area contributed by atoms with Crippen LogP contribution in [0.15, 0.2) is 0 Å². The zero-order chi connectivity index (χ0) is 14.4. The molecule has 4 heteroatoms. The van der Waals surface area contributed by atoms with Crippen molar-refractivity contribution in [1.29, 1.82) is 0 Å². The quantitative estimate of drug-likeness (QED) is 0.775. The Morgan fingerprint density at radius 2 is 1.79 bits per heavy atom. The molecule has 0 amide bonds. The van der Waals surface area contributed by atoms with Gasteiger partial charge in [-0.05, 0) is 34.1 Å². The first-order valence-electron chi connectivity index (χ1n) is 7.13. The van der Waals surface area contributed by atoms with Crippen LogP contribution in [0.1, 0.15) is 48.0 Å². The molecule has 0 radical (unpaired) electrons. The molecule has 2 aliphatic heterocycles. The summed E-state index contributed by atoms with van der Waals surface area (Å²) in [5.41, 5.74) is -0.493. The summed E-state index contributed by atoms with van der Waals surface area (Å²) in [6.45, 7) is 12.8. The molecule has 19 heavy (non-hydrogen) atoms. The second kappa shape index (κ2) is 5.27. The average Bonchev–Trinajstić information content (AvgIpc) is 2.49. The van der Waals surface area contributed by atoms with Crippen molar-refractivity contribution in [1.82, 2.24) is 0 Å². The van der Waals surface area contributed by atoms with Gasteiger partial charge in [-0.1, -0.05) is 13.8 Å². The minimum atomic E-state index is -0.321. The zero-order valence-electron chi connectivity index (χ0n) is 12.9. The Hall–Kier alpha value is 0.330. The van der Waals surface area contributed by atoms with Crippen LogP contribution >= 0.6 is 23.5 Å². The predicted octanol–water partition coefficient (Wildman–Crippen LogP) is 3.77. The standard InChI is InChI=1S/C15H26O2S2/c1-9-10(2)19-12(8-18-9)13(16)11-7-14(3,4)17-15(11,5)6/h9-12H,7-8H2,1-6H3. The number of rotatable bonds is 2. The van der Waals surface area contributed by atoms with E-state index in [0.29, 0.717) is 16.3 Å². The minimum absolute atomic E-state index is 0.0428. The van der Waals surface area contributed by atoms with Gasteiger partial charge in [0.05, 0.1) is 22.4 Å². The summed E-state index contributed by atoms with van der Waals surface area (Å²) >= 11 is 3.80. The lowest BCUT2D eigenvalue weighted by Gasteiger charge is -2.34. The fraction of sp³-hybridized carbons (Fsp3) is 0.933. The van der Waals surface area contributed by atoms with Gasteiger partial charge in [-0.3, -0.25) is 4.79 Å². The Labute approximate surface area is 125 Å². The lowest BCUT2D eigenvalue weighted by atomic mass is 9.83. The molecule has 0 N–H and O–H groups in total. The third-order valence-corrected chi connectivity index (χ3v) is 7.69. The van der Waals surface area contributed by atoms with Gasteiger partial charge in [-0.15, -0.1) is 11.8 Å². The lowest BCUT2D eigenvalue weighted by Crippen LogP contribution is -2.41. The summed E-state index contributed by atoms with van der Waals surface area (Å²) < 4.78 is 6.07. The molecule has 0 aliphatic carbocycles. The number of ketones is 1. The van der Waals surface area contributed by atoms with Gasteiger partial charge in [0.25, 0.3) is 0 Å². The number of carbonyl (C=O) groups is 1. The number of ether oxygens (including phenoxy) is 1. The van der Waals surface area contributed by atoms with Crippen LogP contribution < -0.4 is 0 Å². The molecule has 2 saturated heterocycles. The first-order valence-corrected chi connectivity index (χ1v) is 9.12. The molecule has 4 unspecified atom stereocenters. The van der Waals surface area contributed by atoms with Crippen molar-refractivity contribution < 1.29 is 9.53 Å². The summed E-state index contributed by atoms with van der Waals surface area (Å²) in [4.78, 5) is 12.8. The molecule has 0 aromatic heterocycles. The Bertz CT molecular complexity index is 365. The van der Waals surface area contributed by atoms with Crippen molar-refractivity contribution in [2.45, 2.75) is 74.9 Å². The molecule has 4 atom stereocenters. The van der Waals surface area contributed by atoms with Gasteiger partial charge >= 0.3 is 0 Å². The average molecular weight is 303 g/mol. The normalized spacial score (nSPS) is 41.2. The van der Waals surface area contributed by atoms with Gasteiger partial charge < -0.3 is 4.74 Å². The fourth-order valence-corrected chi connectivity index (χ4v) is 6.09. The second-order valence-electron chi connectivity index (χ2n) is 6.99. The molecular weight excluding hydrogens is 276 g/mol. The topological polar surface area (TPSA) is 26.3 Å². The van der Waals surface area contributed by atoms with Crippen molar-refractivity contribution in [3.63, 3.8) is 0 Å². The van der Waals surface area contributed by atoms with Crippen LogP contribution in [0, 0.1) is 5.92 Å². The van der Waals surface area contributed by atoms with E-state index in [1.54, 1.807) is 0 Å². The van der Waals surface area contributed by atoms with E-state index < -0.39 is 0 Å². The Morgan fingerprint density at radius 1 is 1.16 bits per heavy atom. The maximum atomic E-state index is 12.8. The predicted molar refractivity (Wildman–Crippen MR) is 85.1 cm³/mol. The van der Waals surface area contributed by atoms with Crippen molar-refractivity contribution in [2.75, 3.05) is 5.75 Å². The molecule has 2 rings (SSSR count). The number of hydrogen-bond acceptors (Lipinski definition) is 4. The summed E-state index contributed by atoms with van der Waals surface area (Å²) in [6.07, 6.45) is 0.852. The molecule has 0 aromatic carbocycles. The van der Waals surface area contributed by atoms with Crippen LogP contribution in [0.2, 0.25) is 0 Å². The molecule has 2 fully saturated rings. The van der Waals surface area contributed by atoms with E-state index in [1.807, 2.05) is 23.5 Å². The second-order valence-corrected chi connectivity index (χ2v) is 9.99. The maximum Gasteiger partial charge on any atom is 0.152 e. The van der Waals surface area contributed by atoms with Crippen LogP contribution in [0.3, 0.4) is 0 Å². The third-order valence-electron chi connectivity index (χ3n) is 4.29. The fourth-order valence-electron chi connectivity index (χ4n) is 3.16. The monoisotopic (exact) mass is 302 g/mol. The van der Waals surface area contributed by atoms with Gasteiger partial charge in [0.2, 0.25) is 0 Å². The molecule has 0 aromatic rings. The van der Waals surface area contributed by atoms with Crippen LogP contribution in [-0.4, -0.2) is 38.5 Å². The van der Waals surface area contributed by atoms with Gasteiger partial charge in [-0.2, -0.15) is 11.8 Å². The van der Waals surface area contributed by atoms with E-state index in [-0.39, 0.29) is 22.4 Å². The van der Waals surface area contributed by atoms with E-state index in [4.69, 9.17) is 4.74 Å². The van der Waals surface area contributed by atoms with E-state index in [2.05, 4.69) is 41.5 Å². The van der Waals surface area contributed by atoms with Crippen LogP contribution in [0.25, 0.3) is 0 Å². The highest BCUT2D eigenvalue weighted by atomic mass is 32.2. The van der Waals surface area contributed by atoms with Gasteiger partial charge in [0.15, 0.2) is 5.78 Å². The minimum Gasteiger partial charge on any atom is -0.369 e. The molecule has 0 bridgehead atoms. The molecule has 110 valence electrons. The van der Waals surface area contributed by atoms with Gasteiger partial charge in [0, 0.05) is 16.3 Å². The Kier molecular flexibility index (Phi) is 4.36. The Morgan fingerprint density at radius 3 is 2.26 bits per heavy atom. The molecule has 2 aliphatic rings. The largest absolute Gasteiger partial charge is 0.369 e. The molecular formula is C15H26O2S2. The number of Topliss-reactive ketones (excluding diaryl/α,β-unsaturated/α-hetero) is 1. The van der Waals surface area contributed by atoms with Crippen molar-refractivity contribution in [2.24, 2.45) is 5.92 Å². The molecule has 0 spiro atoms. The Balaban J connectivity index is 2.08. The maximum absolute atomic E-state index is 12.8. The van der Waals surface area contributed by atoms with Crippen LogP contribution in [-0.2, 0) is 9.53 Å². The number of carbonyl (C=O) groups excluding carboxylic acids is 1. The smallest absolute Gasteiger partial charge is 0.152 e. The lowest BCUT2D eigenvalue weighted by molar-refractivity contribution is -0.128. The molecule has 2 nitrogen and oxygen atoms in total. The summed E-state index contributed by atoms with van der Waals surface area (Å²) in [5, 5.41) is 1.36. The molecule has 2 heterocycles.